The molecule has 0 saturated carbocycles. The van der Waals surface area contributed by atoms with Crippen LogP contribution in [-0.2, 0) is 6.54 Å². The van der Waals surface area contributed by atoms with E-state index in [9.17, 15) is 4.39 Å². The average Bonchev–Trinajstić information content (AvgIpc) is 3.35. The molecule has 29 heavy (non-hydrogen) atoms. The molecule has 0 fully saturated rings. The second-order valence-electron chi connectivity index (χ2n) is 6.64. The first-order chi connectivity index (χ1) is 14.2. The van der Waals surface area contributed by atoms with Crippen LogP contribution in [0.15, 0.2) is 60.8 Å². The Morgan fingerprint density at radius 2 is 1.90 bits per heavy atom. The molecule has 5 rings (SSSR count). The number of H-pyrrole nitrogens is 1. The van der Waals surface area contributed by atoms with Crippen LogP contribution in [0.4, 0.5) is 4.39 Å². The van der Waals surface area contributed by atoms with Crippen LogP contribution in [0.5, 0.6) is 0 Å². The largest absolute Gasteiger partial charge is 0.257 e. The molecule has 1 aromatic carbocycles. The summed E-state index contributed by atoms with van der Waals surface area (Å²) >= 11 is 0. The third kappa shape index (κ3) is 3.14. The normalized spacial score (nSPS) is 11.2. The number of fused-ring (bicyclic) bond motifs is 1. The van der Waals surface area contributed by atoms with Gasteiger partial charge in [0.05, 0.1) is 11.9 Å². The van der Waals surface area contributed by atoms with Crippen LogP contribution in [0.3, 0.4) is 0 Å². The van der Waals surface area contributed by atoms with Crippen molar-refractivity contribution in [3.05, 3.63) is 77.9 Å². The van der Waals surface area contributed by atoms with Gasteiger partial charge in [-0.2, -0.15) is 10.2 Å². The van der Waals surface area contributed by atoms with Gasteiger partial charge in [0.1, 0.15) is 17.2 Å². The Morgan fingerprint density at radius 1 is 1.00 bits per heavy atom. The third-order valence-electron chi connectivity index (χ3n) is 4.61. The summed E-state index contributed by atoms with van der Waals surface area (Å²) in [6.45, 7) is 2.18. The monoisotopic (exact) mass is 385 g/mol. The van der Waals surface area contributed by atoms with E-state index < -0.39 is 0 Å². The fourth-order valence-electron chi connectivity index (χ4n) is 3.23. The lowest BCUT2D eigenvalue weighted by Gasteiger charge is -2.04. The van der Waals surface area contributed by atoms with Gasteiger partial charge in [0.25, 0.3) is 0 Å². The number of nitrogens with one attached hydrogen (secondary N) is 1. The number of nitrogens with zero attached hydrogens (tertiary/aromatic N) is 6. The third-order valence-corrected chi connectivity index (χ3v) is 4.61. The molecule has 1 N–H and O–H groups in total. The maximum absolute atomic E-state index is 14.1. The number of aromatic amines is 1. The smallest absolute Gasteiger partial charge is 0.200 e. The topological polar surface area (TPSA) is 85.2 Å². The first-order valence-electron chi connectivity index (χ1n) is 9.11. The molecule has 0 amide bonds. The Kier molecular flexibility index (Phi) is 4.09. The standard InChI is InChI=1S/C21H16FN7/c1-13-6-4-10-17(24-13)19-25-20(27-26-19)18-15-8-5-11-23-21(15)29(28-18)12-14-7-2-3-9-16(14)22/h2-11H,12H2,1H3,(H,25,26,27). The zero-order chi connectivity index (χ0) is 19.8. The van der Waals surface area contributed by atoms with Gasteiger partial charge >= 0.3 is 0 Å². The van der Waals surface area contributed by atoms with Gasteiger partial charge in [-0.25, -0.2) is 24.0 Å². The van der Waals surface area contributed by atoms with E-state index in [0.29, 0.717) is 34.2 Å². The van der Waals surface area contributed by atoms with E-state index in [1.165, 1.54) is 6.07 Å². The maximum atomic E-state index is 14.1. The van der Waals surface area contributed by atoms with Crippen molar-refractivity contribution in [2.75, 3.05) is 0 Å². The Hall–Kier alpha value is -3.94. The number of rotatable bonds is 4. The molecule has 0 spiro atoms. The first kappa shape index (κ1) is 17.2. The van der Waals surface area contributed by atoms with Crippen molar-refractivity contribution in [1.29, 1.82) is 0 Å². The van der Waals surface area contributed by atoms with Gasteiger partial charge in [-0.05, 0) is 37.3 Å². The summed E-state index contributed by atoms with van der Waals surface area (Å²) in [7, 11) is 0. The van der Waals surface area contributed by atoms with E-state index in [-0.39, 0.29) is 12.4 Å². The second kappa shape index (κ2) is 6.90. The molecule has 8 heteroatoms. The van der Waals surface area contributed by atoms with Gasteiger partial charge in [-0.3, -0.25) is 5.10 Å². The van der Waals surface area contributed by atoms with Crippen LogP contribution in [0.25, 0.3) is 34.1 Å². The van der Waals surface area contributed by atoms with Crippen molar-refractivity contribution in [3.8, 4) is 23.0 Å². The minimum absolute atomic E-state index is 0.265. The number of aryl methyl sites for hydroxylation is 1. The Morgan fingerprint density at radius 3 is 2.76 bits per heavy atom. The fourth-order valence-corrected chi connectivity index (χ4v) is 3.23. The molecular formula is C21H16FN7. The summed E-state index contributed by atoms with van der Waals surface area (Å²) < 4.78 is 15.8. The Labute approximate surface area is 165 Å². The van der Waals surface area contributed by atoms with E-state index >= 15 is 0 Å². The molecule has 142 valence electrons. The van der Waals surface area contributed by atoms with Crippen molar-refractivity contribution in [2.45, 2.75) is 13.5 Å². The molecule has 7 nitrogen and oxygen atoms in total. The number of halogens is 1. The van der Waals surface area contributed by atoms with Crippen LogP contribution in [-0.4, -0.2) is 34.9 Å². The molecule has 0 aliphatic rings. The molecule has 0 aliphatic heterocycles. The van der Waals surface area contributed by atoms with E-state index in [0.717, 1.165) is 11.1 Å². The van der Waals surface area contributed by atoms with E-state index in [1.807, 2.05) is 37.3 Å². The van der Waals surface area contributed by atoms with Crippen molar-refractivity contribution in [3.63, 3.8) is 0 Å². The SMILES string of the molecule is Cc1cccc(-c2n[nH]c(-c3nn(Cc4ccccc4F)c4ncccc34)n2)n1. The van der Waals surface area contributed by atoms with Gasteiger partial charge < -0.3 is 0 Å². The van der Waals surface area contributed by atoms with Crippen molar-refractivity contribution in [1.82, 2.24) is 34.9 Å². The molecule has 0 atom stereocenters. The summed E-state index contributed by atoms with van der Waals surface area (Å²) in [6.07, 6.45) is 1.69. The molecule has 0 aliphatic carbocycles. The summed E-state index contributed by atoms with van der Waals surface area (Å²) in [5.74, 6) is 0.721. The van der Waals surface area contributed by atoms with Crippen LogP contribution in [0.2, 0.25) is 0 Å². The highest BCUT2D eigenvalue weighted by Gasteiger charge is 2.18. The van der Waals surface area contributed by atoms with Crippen LogP contribution in [0, 0.1) is 12.7 Å². The number of pyridine rings is 2. The minimum atomic E-state index is -0.277. The van der Waals surface area contributed by atoms with Crippen LogP contribution < -0.4 is 0 Å². The van der Waals surface area contributed by atoms with Gasteiger partial charge in [0.15, 0.2) is 17.3 Å². The predicted octanol–water partition coefficient (Wildman–Crippen LogP) is 3.77. The Balaban J connectivity index is 1.59. The molecule has 0 bridgehead atoms. The molecular weight excluding hydrogens is 369 g/mol. The highest BCUT2D eigenvalue weighted by atomic mass is 19.1. The lowest BCUT2D eigenvalue weighted by molar-refractivity contribution is 0.589. The van der Waals surface area contributed by atoms with Crippen LogP contribution in [0.1, 0.15) is 11.3 Å². The molecule has 5 aromatic rings. The van der Waals surface area contributed by atoms with Gasteiger partial charge in [0, 0.05) is 17.5 Å². The van der Waals surface area contributed by atoms with E-state index in [2.05, 4.69) is 30.2 Å². The van der Waals surface area contributed by atoms with Crippen molar-refractivity contribution < 1.29 is 4.39 Å². The van der Waals surface area contributed by atoms with Gasteiger partial charge in [0.2, 0.25) is 0 Å². The van der Waals surface area contributed by atoms with E-state index in [4.69, 9.17) is 0 Å². The molecule has 4 heterocycles. The highest BCUT2D eigenvalue weighted by molar-refractivity contribution is 5.89. The lowest BCUT2D eigenvalue weighted by Crippen LogP contribution is -2.04. The molecule has 0 saturated heterocycles. The predicted molar refractivity (Wildman–Crippen MR) is 106 cm³/mol. The lowest BCUT2D eigenvalue weighted by atomic mass is 10.2. The highest BCUT2D eigenvalue weighted by Crippen LogP contribution is 2.26. The summed E-state index contributed by atoms with van der Waals surface area (Å²) in [5, 5.41) is 12.7. The Bertz CT molecular complexity index is 1320. The average molecular weight is 385 g/mol. The number of hydrogen-bond donors (Lipinski definition) is 1. The van der Waals surface area contributed by atoms with Crippen molar-refractivity contribution >= 4 is 11.0 Å². The fraction of sp³-hybridized carbons (Fsp3) is 0.0952. The van der Waals surface area contributed by atoms with Gasteiger partial charge in [-0.1, -0.05) is 24.3 Å². The molecule has 0 unspecified atom stereocenters. The van der Waals surface area contributed by atoms with Crippen molar-refractivity contribution in [2.24, 2.45) is 0 Å². The molecule has 4 aromatic heterocycles. The number of benzene rings is 1. The molecule has 0 radical (unpaired) electrons. The quantitative estimate of drug-likeness (QED) is 0.509. The summed E-state index contributed by atoms with van der Waals surface area (Å²) in [4.78, 5) is 13.5. The second-order valence-corrected chi connectivity index (χ2v) is 6.64. The zero-order valence-corrected chi connectivity index (χ0v) is 15.5. The number of aromatic nitrogens is 7. The number of hydrogen-bond acceptors (Lipinski definition) is 5. The van der Waals surface area contributed by atoms with E-state index in [1.54, 1.807) is 29.1 Å². The minimum Gasteiger partial charge on any atom is -0.257 e. The first-order valence-corrected chi connectivity index (χ1v) is 9.11. The summed E-state index contributed by atoms with van der Waals surface area (Å²) in [6, 6.07) is 16.1. The van der Waals surface area contributed by atoms with Gasteiger partial charge in [-0.15, -0.1) is 0 Å². The summed E-state index contributed by atoms with van der Waals surface area (Å²) in [5.41, 5.74) is 3.36. The maximum Gasteiger partial charge on any atom is 0.200 e. The zero-order valence-electron chi connectivity index (χ0n) is 15.5. The van der Waals surface area contributed by atoms with Crippen LogP contribution >= 0.6 is 0 Å².